The fourth-order valence-corrected chi connectivity index (χ4v) is 1.70. The highest BCUT2D eigenvalue weighted by Crippen LogP contribution is 2.24. The predicted molar refractivity (Wildman–Crippen MR) is 52.7 cm³/mol. The van der Waals surface area contributed by atoms with Crippen molar-refractivity contribution in [1.29, 1.82) is 5.26 Å². The van der Waals surface area contributed by atoms with E-state index in [4.69, 9.17) is 5.26 Å². The van der Waals surface area contributed by atoms with Gasteiger partial charge in [-0.05, 0) is 24.6 Å². The Kier molecular flexibility index (Phi) is 2.38. The molecule has 0 aromatic heterocycles. The quantitative estimate of drug-likeness (QED) is 0.700. The molecule has 0 unspecified atom stereocenters. The second-order valence-corrected chi connectivity index (χ2v) is 3.43. The predicted octanol–water partition coefficient (Wildman–Crippen LogP) is 1.82. The number of amides is 1. The number of nitriles is 1. The van der Waals surface area contributed by atoms with Crippen LogP contribution >= 0.6 is 0 Å². The zero-order chi connectivity index (χ0) is 10.8. The molecule has 1 aliphatic heterocycles. The van der Waals surface area contributed by atoms with Crippen molar-refractivity contribution in [1.82, 2.24) is 0 Å². The molecule has 1 amide bonds. The monoisotopic (exact) mass is 204 g/mol. The molecule has 1 saturated heterocycles. The molecule has 0 aliphatic carbocycles. The number of benzene rings is 1. The summed E-state index contributed by atoms with van der Waals surface area (Å²) in [6.07, 6.45) is 1.23. The summed E-state index contributed by atoms with van der Waals surface area (Å²) < 4.78 is 13.5. The number of carbonyl (C=O) groups excluding carboxylic acids is 1. The van der Waals surface area contributed by atoms with Gasteiger partial charge in [-0.3, -0.25) is 4.79 Å². The molecule has 0 saturated carbocycles. The molecule has 0 atom stereocenters. The minimum absolute atomic E-state index is 0.0568. The van der Waals surface area contributed by atoms with Gasteiger partial charge in [0, 0.05) is 13.0 Å². The second-order valence-electron chi connectivity index (χ2n) is 3.43. The number of hydrogen-bond donors (Lipinski definition) is 0. The van der Waals surface area contributed by atoms with Crippen LogP contribution in [0.5, 0.6) is 0 Å². The fourth-order valence-electron chi connectivity index (χ4n) is 1.70. The average Bonchev–Trinajstić information content (AvgIpc) is 2.64. The van der Waals surface area contributed by atoms with Gasteiger partial charge in [-0.25, -0.2) is 4.39 Å². The maximum atomic E-state index is 13.5. The SMILES string of the molecule is N#Cc1ccc(N2CCCC2=O)c(F)c1. The van der Waals surface area contributed by atoms with E-state index in [0.717, 1.165) is 12.5 Å². The molecule has 0 bridgehead atoms. The van der Waals surface area contributed by atoms with Gasteiger partial charge in [0.2, 0.25) is 5.91 Å². The molecule has 76 valence electrons. The fraction of sp³-hybridized carbons (Fsp3) is 0.273. The molecule has 1 aliphatic rings. The highest BCUT2D eigenvalue weighted by atomic mass is 19.1. The summed E-state index contributed by atoms with van der Waals surface area (Å²) in [5, 5.41) is 8.57. The van der Waals surface area contributed by atoms with Gasteiger partial charge in [-0.2, -0.15) is 5.26 Å². The van der Waals surface area contributed by atoms with Crippen LogP contribution in [0.2, 0.25) is 0 Å². The summed E-state index contributed by atoms with van der Waals surface area (Å²) in [6.45, 7) is 0.557. The molecular weight excluding hydrogens is 195 g/mol. The summed E-state index contributed by atoms with van der Waals surface area (Å²) in [6, 6.07) is 6.01. The number of carbonyl (C=O) groups is 1. The Balaban J connectivity index is 2.37. The normalized spacial score (nSPS) is 15.5. The minimum atomic E-state index is -0.510. The molecule has 15 heavy (non-hydrogen) atoms. The molecule has 1 aromatic rings. The van der Waals surface area contributed by atoms with Crippen molar-refractivity contribution in [2.45, 2.75) is 12.8 Å². The largest absolute Gasteiger partial charge is 0.310 e. The Bertz CT molecular complexity index is 450. The highest BCUT2D eigenvalue weighted by molar-refractivity contribution is 5.95. The van der Waals surface area contributed by atoms with Crippen LogP contribution in [0, 0.1) is 17.1 Å². The standard InChI is InChI=1S/C11H9FN2O/c12-9-6-8(7-13)3-4-10(9)14-5-1-2-11(14)15/h3-4,6H,1-2,5H2. The molecule has 2 rings (SSSR count). The van der Waals surface area contributed by atoms with E-state index in [2.05, 4.69) is 0 Å². The van der Waals surface area contributed by atoms with Crippen molar-refractivity contribution in [3.63, 3.8) is 0 Å². The first-order valence-corrected chi connectivity index (χ1v) is 4.72. The second kappa shape index (κ2) is 3.70. The molecule has 4 heteroatoms. The van der Waals surface area contributed by atoms with Gasteiger partial charge in [-0.1, -0.05) is 0 Å². The lowest BCUT2D eigenvalue weighted by molar-refractivity contribution is -0.117. The van der Waals surface area contributed by atoms with Gasteiger partial charge in [0.15, 0.2) is 0 Å². The van der Waals surface area contributed by atoms with Crippen LogP contribution in [0.4, 0.5) is 10.1 Å². The third kappa shape index (κ3) is 1.68. The first-order chi connectivity index (χ1) is 7.22. The number of rotatable bonds is 1. The third-order valence-electron chi connectivity index (χ3n) is 2.44. The summed E-state index contributed by atoms with van der Waals surface area (Å²) >= 11 is 0. The summed E-state index contributed by atoms with van der Waals surface area (Å²) in [4.78, 5) is 12.8. The van der Waals surface area contributed by atoms with Gasteiger partial charge < -0.3 is 4.90 Å². The zero-order valence-electron chi connectivity index (χ0n) is 8.03. The van der Waals surface area contributed by atoms with E-state index in [1.807, 2.05) is 6.07 Å². The molecule has 1 aromatic carbocycles. The molecule has 3 nitrogen and oxygen atoms in total. The lowest BCUT2D eigenvalue weighted by Crippen LogP contribution is -2.24. The van der Waals surface area contributed by atoms with Gasteiger partial charge in [0.05, 0.1) is 17.3 Å². The molecular formula is C11H9FN2O. The maximum Gasteiger partial charge on any atom is 0.227 e. The molecule has 0 radical (unpaired) electrons. The molecule has 1 heterocycles. The number of nitrogens with zero attached hydrogens (tertiary/aromatic N) is 2. The molecule has 1 fully saturated rings. The third-order valence-corrected chi connectivity index (χ3v) is 2.44. The van der Waals surface area contributed by atoms with Crippen molar-refractivity contribution in [3.05, 3.63) is 29.6 Å². The van der Waals surface area contributed by atoms with Crippen LogP contribution < -0.4 is 4.90 Å². The molecule has 0 N–H and O–H groups in total. The van der Waals surface area contributed by atoms with Crippen molar-refractivity contribution in [2.75, 3.05) is 11.4 Å². The van der Waals surface area contributed by atoms with Crippen LogP contribution in [-0.4, -0.2) is 12.5 Å². The Morgan fingerprint density at radius 3 is 2.80 bits per heavy atom. The zero-order valence-corrected chi connectivity index (χ0v) is 8.03. The summed E-state index contributed by atoms with van der Waals surface area (Å²) in [5.74, 6) is -0.567. The van der Waals surface area contributed by atoms with E-state index in [9.17, 15) is 9.18 Å². The van der Waals surface area contributed by atoms with Gasteiger partial charge in [-0.15, -0.1) is 0 Å². The van der Waals surface area contributed by atoms with E-state index in [-0.39, 0.29) is 17.2 Å². The smallest absolute Gasteiger partial charge is 0.227 e. The van der Waals surface area contributed by atoms with Crippen LogP contribution in [0.3, 0.4) is 0 Å². The first kappa shape index (κ1) is 9.66. The Morgan fingerprint density at radius 1 is 1.47 bits per heavy atom. The van der Waals surface area contributed by atoms with E-state index >= 15 is 0 Å². The van der Waals surface area contributed by atoms with Crippen molar-refractivity contribution in [2.24, 2.45) is 0 Å². The number of anilines is 1. The van der Waals surface area contributed by atoms with E-state index in [1.54, 1.807) is 0 Å². The van der Waals surface area contributed by atoms with Crippen molar-refractivity contribution in [3.8, 4) is 6.07 Å². The highest BCUT2D eigenvalue weighted by Gasteiger charge is 2.23. The Morgan fingerprint density at radius 2 is 2.27 bits per heavy atom. The van der Waals surface area contributed by atoms with Gasteiger partial charge in [0.1, 0.15) is 5.82 Å². The van der Waals surface area contributed by atoms with Crippen LogP contribution in [0.15, 0.2) is 18.2 Å². The number of halogens is 1. The molecule has 0 spiro atoms. The summed E-state index contributed by atoms with van der Waals surface area (Å²) in [5.41, 5.74) is 0.541. The van der Waals surface area contributed by atoms with Crippen LogP contribution in [0.1, 0.15) is 18.4 Å². The van der Waals surface area contributed by atoms with Crippen molar-refractivity contribution < 1.29 is 9.18 Å². The lowest BCUT2D eigenvalue weighted by Gasteiger charge is -2.16. The Labute approximate surface area is 86.7 Å². The summed E-state index contributed by atoms with van der Waals surface area (Å²) in [7, 11) is 0. The number of hydrogen-bond acceptors (Lipinski definition) is 2. The topological polar surface area (TPSA) is 44.1 Å². The minimum Gasteiger partial charge on any atom is -0.310 e. The van der Waals surface area contributed by atoms with Crippen LogP contribution in [0.25, 0.3) is 0 Å². The van der Waals surface area contributed by atoms with E-state index in [0.29, 0.717) is 13.0 Å². The Hall–Kier alpha value is -1.89. The van der Waals surface area contributed by atoms with E-state index in [1.165, 1.54) is 17.0 Å². The van der Waals surface area contributed by atoms with Crippen molar-refractivity contribution >= 4 is 11.6 Å². The lowest BCUT2D eigenvalue weighted by atomic mass is 10.2. The van der Waals surface area contributed by atoms with E-state index < -0.39 is 5.82 Å². The maximum absolute atomic E-state index is 13.5. The van der Waals surface area contributed by atoms with Gasteiger partial charge >= 0.3 is 0 Å². The van der Waals surface area contributed by atoms with Gasteiger partial charge in [0.25, 0.3) is 0 Å². The first-order valence-electron chi connectivity index (χ1n) is 4.72. The van der Waals surface area contributed by atoms with Crippen LogP contribution in [-0.2, 0) is 4.79 Å². The average molecular weight is 204 g/mol.